The molecule has 0 spiro atoms. The molecular formula is C20H19N5O. The first-order valence-corrected chi connectivity index (χ1v) is 8.47. The minimum Gasteiger partial charge on any atom is -0.345 e. The number of anilines is 1. The number of fused-ring (bicyclic) bond motifs is 1. The molecule has 0 amide bonds. The van der Waals surface area contributed by atoms with Crippen LogP contribution in [0.15, 0.2) is 77.8 Å². The minimum atomic E-state index is -0.207. The van der Waals surface area contributed by atoms with Crippen LogP contribution in [-0.4, -0.2) is 32.2 Å². The van der Waals surface area contributed by atoms with E-state index in [4.69, 9.17) is 0 Å². The summed E-state index contributed by atoms with van der Waals surface area (Å²) in [7, 11) is 0. The zero-order valence-corrected chi connectivity index (χ0v) is 14.5. The Labute approximate surface area is 151 Å². The summed E-state index contributed by atoms with van der Waals surface area (Å²) in [5, 5.41) is 4.24. The van der Waals surface area contributed by atoms with Crippen molar-refractivity contribution in [2.45, 2.75) is 6.92 Å². The summed E-state index contributed by atoms with van der Waals surface area (Å²) in [6.45, 7) is 3.82. The van der Waals surface area contributed by atoms with Crippen molar-refractivity contribution in [3.8, 4) is 0 Å². The third kappa shape index (κ3) is 3.18. The standard InChI is InChI=1S/C20H19N5O/c1-17-6-4-7-18(16-17)23-14-12-22(13-15-23)9-5-11-25-20(26)24-10-3-2-8-19(24)21-25/h2-4,6-12,14,16H,13,15H2,1H3. The number of rotatable bonds is 3. The number of pyridine rings is 1. The first-order chi connectivity index (χ1) is 12.7. The molecule has 1 aliphatic rings. The maximum Gasteiger partial charge on any atom is 0.355 e. The topological polar surface area (TPSA) is 45.8 Å². The third-order valence-electron chi connectivity index (χ3n) is 4.26. The van der Waals surface area contributed by atoms with Crippen LogP contribution in [0.2, 0.25) is 0 Å². The average molecular weight is 345 g/mol. The molecule has 0 saturated carbocycles. The highest BCUT2D eigenvalue weighted by Gasteiger charge is 2.09. The van der Waals surface area contributed by atoms with Gasteiger partial charge in [0.15, 0.2) is 5.65 Å². The van der Waals surface area contributed by atoms with Gasteiger partial charge in [-0.15, -0.1) is 5.10 Å². The molecule has 4 rings (SSSR count). The van der Waals surface area contributed by atoms with E-state index >= 15 is 0 Å². The predicted octanol–water partition coefficient (Wildman–Crippen LogP) is 2.68. The summed E-state index contributed by atoms with van der Waals surface area (Å²) in [6, 6.07) is 13.9. The molecule has 0 fully saturated rings. The molecule has 3 aromatic rings. The lowest BCUT2D eigenvalue weighted by atomic mass is 10.2. The molecule has 130 valence electrons. The summed E-state index contributed by atoms with van der Waals surface area (Å²) in [5.74, 6) is 0. The van der Waals surface area contributed by atoms with Gasteiger partial charge in [0, 0.05) is 43.6 Å². The molecule has 0 radical (unpaired) electrons. The van der Waals surface area contributed by atoms with Crippen LogP contribution in [-0.2, 0) is 0 Å². The fraction of sp³-hybridized carbons (Fsp3) is 0.150. The fourth-order valence-corrected chi connectivity index (χ4v) is 2.89. The molecule has 0 saturated heterocycles. The molecule has 2 aromatic heterocycles. The summed E-state index contributed by atoms with van der Waals surface area (Å²) < 4.78 is 2.79. The van der Waals surface area contributed by atoms with E-state index in [1.807, 2.05) is 29.6 Å². The van der Waals surface area contributed by atoms with Crippen LogP contribution in [0.5, 0.6) is 0 Å². The zero-order chi connectivity index (χ0) is 17.9. The second-order valence-corrected chi connectivity index (χ2v) is 6.15. The lowest BCUT2D eigenvalue weighted by Gasteiger charge is -2.29. The van der Waals surface area contributed by atoms with E-state index in [9.17, 15) is 4.79 Å². The summed E-state index contributed by atoms with van der Waals surface area (Å²) in [6.07, 6.45) is 9.12. The van der Waals surface area contributed by atoms with Crippen LogP contribution in [0.3, 0.4) is 0 Å². The molecule has 0 atom stereocenters. The fourth-order valence-electron chi connectivity index (χ4n) is 2.89. The van der Waals surface area contributed by atoms with Gasteiger partial charge in [0.2, 0.25) is 0 Å². The molecule has 1 aromatic carbocycles. The van der Waals surface area contributed by atoms with Crippen LogP contribution >= 0.6 is 0 Å². The van der Waals surface area contributed by atoms with Crippen molar-refractivity contribution >= 4 is 17.5 Å². The van der Waals surface area contributed by atoms with Gasteiger partial charge < -0.3 is 9.80 Å². The number of aromatic nitrogens is 3. The Balaban J connectivity index is 1.49. The molecule has 26 heavy (non-hydrogen) atoms. The van der Waals surface area contributed by atoms with Gasteiger partial charge in [0.1, 0.15) is 0 Å². The van der Waals surface area contributed by atoms with Crippen molar-refractivity contribution in [3.63, 3.8) is 0 Å². The smallest absolute Gasteiger partial charge is 0.345 e. The monoisotopic (exact) mass is 345 g/mol. The Kier molecular flexibility index (Phi) is 4.17. The molecular weight excluding hydrogens is 326 g/mol. The SMILES string of the molecule is Cc1cccc(N2C=CN(C=C=Cn3nc4ccccn4c3=O)CC2)c1. The predicted molar refractivity (Wildman–Crippen MR) is 103 cm³/mol. The second-order valence-electron chi connectivity index (χ2n) is 6.15. The van der Waals surface area contributed by atoms with Crippen LogP contribution in [0.1, 0.15) is 5.56 Å². The molecule has 6 heteroatoms. The molecule has 0 N–H and O–H groups in total. The molecule has 1 aliphatic heterocycles. The van der Waals surface area contributed by atoms with Gasteiger partial charge in [-0.25, -0.2) is 9.20 Å². The molecule has 0 bridgehead atoms. The second kappa shape index (κ2) is 6.78. The van der Waals surface area contributed by atoms with E-state index in [2.05, 4.69) is 46.9 Å². The number of aryl methyl sites for hydroxylation is 1. The van der Waals surface area contributed by atoms with Gasteiger partial charge in [-0.05, 0) is 36.8 Å². The highest BCUT2D eigenvalue weighted by molar-refractivity contribution is 5.51. The van der Waals surface area contributed by atoms with Crippen LogP contribution < -0.4 is 10.6 Å². The maximum atomic E-state index is 12.2. The number of hydrogen-bond acceptors (Lipinski definition) is 4. The third-order valence-corrected chi connectivity index (χ3v) is 4.26. The van der Waals surface area contributed by atoms with E-state index in [1.54, 1.807) is 24.5 Å². The van der Waals surface area contributed by atoms with E-state index in [0.717, 1.165) is 13.1 Å². The Morgan fingerprint density at radius 2 is 2.00 bits per heavy atom. The molecule has 0 unspecified atom stereocenters. The van der Waals surface area contributed by atoms with Crippen molar-refractivity contribution in [2.75, 3.05) is 18.0 Å². The van der Waals surface area contributed by atoms with Crippen molar-refractivity contribution < 1.29 is 0 Å². The first kappa shape index (κ1) is 16.0. The minimum absolute atomic E-state index is 0.207. The Hall–Kier alpha value is -3.50. The summed E-state index contributed by atoms with van der Waals surface area (Å²) >= 11 is 0. The van der Waals surface area contributed by atoms with Gasteiger partial charge in [0.25, 0.3) is 0 Å². The summed E-state index contributed by atoms with van der Waals surface area (Å²) in [4.78, 5) is 16.4. The van der Waals surface area contributed by atoms with Gasteiger partial charge >= 0.3 is 5.69 Å². The zero-order valence-electron chi connectivity index (χ0n) is 14.5. The largest absolute Gasteiger partial charge is 0.355 e. The highest BCUT2D eigenvalue weighted by Crippen LogP contribution is 2.18. The van der Waals surface area contributed by atoms with Crippen molar-refractivity contribution in [3.05, 3.63) is 89.0 Å². The first-order valence-electron chi connectivity index (χ1n) is 8.47. The van der Waals surface area contributed by atoms with Gasteiger partial charge in [-0.3, -0.25) is 0 Å². The average Bonchev–Trinajstić information content (AvgIpc) is 2.99. The Bertz CT molecular complexity index is 1080. The van der Waals surface area contributed by atoms with E-state index in [-0.39, 0.29) is 5.69 Å². The quantitative estimate of drug-likeness (QED) is 0.685. The summed E-state index contributed by atoms with van der Waals surface area (Å²) in [5.41, 5.74) is 5.88. The van der Waals surface area contributed by atoms with Crippen LogP contribution in [0, 0.1) is 6.92 Å². The number of hydrogen-bond donors (Lipinski definition) is 0. The lowest BCUT2D eigenvalue weighted by Crippen LogP contribution is -2.31. The van der Waals surface area contributed by atoms with Crippen molar-refractivity contribution in [2.24, 2.45) is 0 Å². The normalized spacial score (nSPS) is 13.7. The van der Waals surface area contributed by atoms with Crippen LogP contribution in [0.4, 0.5) is 5.69 Å². The van der Waals surface area contributed by atoms with E-state index in [0.29, 0.717) is 5.65 Å². The van der Waals surface area contributed by atoms with Crippen molar-refractivity contribution in [1.29, 1.82) is 0 Å². The molecule has 6 nitrogen and oxygen atoms in total. The van der Waals surface area contributed by atoms with E-state index < -0.39 is 0 Å². The highest BCUT2D eigenvalue weighted by atomic mass is 16.2. The molecule has 3 heterocycles. The van der Waals surface area contributed by atoms with E-state index in [1.165, 1.54) is 20.3 Å². The number of benzene rings is 1. The number of nitrogens with zero attached hydrogens (tertiary/aromatic N) is 5. The Morgan fingerprint density at radius 3 is 2.77 bits per heavy atom. The van der Waals surface area contributed by atoms with Gasteiger partial charge in [-0.2, -0.15) is 4.68 Å². The van der Waals surface area contributed by atoms with Crippen LogP contribution in [0.25, 0.3) is 11.8 Å². The molecule has 0 aliphatic carbocycles. The van der Waals surface area contributed by atoms with Gasteiger partial charge in [-0.1, -0.05) is 23.9 Å². The van der Waals surface area contributed by atoms with Crippen molar-refractivity contribution in [1.82, 2.24) is 19.1 Å². The lowest BCUT2D eigenvalue weighted by molar-refractivity contribution is 0.493. The van der Waals surface area contributed by atoms with Gasteiger partial charge in [0.05, 0.1) is 6.20 Å². The maximum absolute atomic E-state index is 12.2. The Morgan fingerprint density at radius 1 is 1.08 bits per heavy atom.